The van der Waals surface area contributed by atoms with E-state index in [1.807, 2.05) is 0 Å². The van der Waals surface area contributed by atoms with Crippen LogP contribution in [0.2, 0.25) is 5.02 Å². The molecule has 0 atom stereocenters. The van der Waals surface area contributed by atoms with Gasteiger partial charge in [-0.3, -0.25) is 0 Å². The second kappa shape index (κ2) is 6.29. The molecule has 0 aliphatic carbocycles. The SMILES string of the molecule is COc1cc(Nc2c(N)cc(N)c(Cl)c2F)c(Br)cc1Br. The summed E-state index contributed by atoms with van der Waals surface area (Å²) in [5.74, 6) is -0.121. The topological polar surface area (TPSA) is 73.3 Å². The molecule has 0 amide bonds. The average molecular weight is 440 g/mol. The maximum atomic E-state index is 14.2. The molecule has 0 bridgehead atoms. The van der Waals surface area contributed by atoms with Crippen molar-refractivity contribution in [3.05, 3.63) is 38.0 Å². The van der Waals surface area contributed by atoms with Crippen LogP contribution in [0.25, 0.3) is 0 Å². The van der Waals surface area contributed by atoms with Gasteiger partial charge in [0.15, 0.2) is 5.82 Å². The van der Waals surface area contributed by atoms with E-state index in [2.05, 4.69) is 37.2 Å². The van der Waals surface area contributed by atoms with Gasteiger partial charge in [0, 0.05) is 10.5 Å². The lowest BCUT2D eigenvalue weighted by atomic mass is 10.2. The van der Waals surface area contributed by atoms with Gasteiger partial charge < -0.3 is 21.5 Å². The molecule has 0 aliphatic rings. The minimum Gasteiger partial charge on any atom is -0.495 e. The lowest BCUT2D eigenvalue weighted by Gasteiger charge is -2.15. The Bertz CT molecular complexity index is 713. The molecule has 0 radical (unpaired) electrons. The summed E-state index contributed by atoms with van der Waals surface area (Å²) in [6.45, 7) is 0. The van der Waals surface area contributed by atoms with Crippen molar-refractivity contribution in [2.75, 3.05) is 23.9 Å². The molecule has 4 nitrogen and oxygen atoms in total. The molecular formula is C13H11Br2ClFN3O. The number of hydrogen-bond donors (Lipinski definition) is 3. The molecule has 2 aromatic carbocycles. The maximum absolute atomic E-state index is 14.2. The minimum atomic E-state index is -0.706. The van der Waals surface area contributed by atoms with Crippen LogP contribution in [0.4, 0.5) is 27.1 Å². The van der Waals surface area contributed by atoms with Crippen molar-refractivity contribution in [2.45, 2.75) is 0 Å². The molecule has 0 aliphatic heterocycles. The average Bonchev–Trinajstić information content (AvgIpc) is 2.43. The summed E-state index contributed by atoms with van der Waals surface area (Å²) in [6, 6.07) is 4.86. The van der Waals surface area contributed by atoms with E-state index in [1.165, 1.54) is 13.2 Å². The van der Waals surface area contributed by atoms with E-state index in [9.17, 15) is 4.39 Å². The highest BCUT2D eigenvalue weighted by Gasteiger charge is 2.16. The Morgan fingerprint density at radius 1 is 1.14 bits per heavy atom. The molecule has 0 heterocycles. The number of methoxy groups -OCH3 is 1. The van der Waals surface area contributed by atoms with Gasteiger partial charge in [-0.1, -0.05) is 11.6 Å². The van der Waals surface area contributed by atoms with E-state index < -0.39 is 5.82 Å². The standard InChI is InChI=1S/C13H11Br2ClFN3O/c1-21-10-4-9(5(14)2-6(10)15)20-13-8(19)3-7(18)11(16)12(13)17/h2-4,20H,18-19H2,1H3. The third-order valence-electron chi connectivity index (χ3n) is 2.77. The molecular weight excluding hydrogens is 428 g/mol. The molecule has 2 aromatic rings. The molecule has 0 saturated heterocycles. The summed E-state index contributed by atoms with van der Waals surface area (Å²) in [7, 11) is 1.53. The van der Waals surface area contributed by atoms with Crippen LogP contribution in [0.15, 0.2) is 27.1 Å². The number of nitrogen functional groups attached to an aromatic ring is 2. The highest BCUT2D eigenvalue weighted by molar-refractivity contribution is 9.11. The van der Waals surface area contributed by atoms with Crippen molar-refractivity contribution in [1.29, 1.82) is 0 Å². The number of ether oxygens (including phenoxy) is 1. The first-order valence-electron chi connectivity index (χ1n) is 5.68. The molecule has 0 fully saturated rings. The molecule has 21 heavy (non-hydrogen) atoms. The minimum absolute atomic E-state index is 0.0549. The van der Waals surface area contributed by atoms with Crippen LogP contribution in [-0.2, 0) is 0 Å². The lowest BCUT2D eigenvalue weighted by molar-refractivity contribution is 0.412. The number of anilines is 4. The molecule has 112 valence electrons. The van der Waals surface area contributed by atoms with E-state index >= 15 is 0 Å². The van der Waals surface area contributed by atoms with E-state index in [0.29, 0.717) is 15.9 Å². The van der Waals surface area contributed by atoms with Gasteiger partial charge >= 0.3 is 0 Å². The number of rotatable bonds is 3. The van der Waals surface area contributed by atoms with E-state index in [-0.39, 0.29) is 22.1 Å². The second-order valence-corrected chi connectivity index (χ2v) is 6.24. The van der Waals surface area contributed by atoms with E-state index in [1.54, 1.807) is 12.1 Å². The third-order valence-corrected chi connectivity index (χ3v) is 4.43. The summed E-state index contributed by atoms with van der Waals surface area (Å²) in [5, 5.41) is 2.72. The van der Waals surface area contributed by atoms with Gasteiger partial charge in [0.25, 0.3) is 0 Å². The van der Waals surface area contributed by atoms with Crippen LogP contribution in [-0.4, -0.2) is 7.11 Å². The molecule has 5 N–H and O–H groups in total. The number of nitrogens with two attached hydrogens (primary N) is 2. The van der Waals surface area contributed by atoms with Crippen LogP contribution in [0.5, 0.6) is 5.75 Å². The second-order valence-electron chi connectivity index (χ2n) is 4.15. The Morgan fingerprint density at radius 3 is 2.43 bits per heavy atom. The Morgan fingerprint density at radius 2 is 1.81 bits per heavy atom. The molecule has 0 aromatic heterocycles. The summed E-state index contributed by atoms with van der Waals surface area (Å²) in [6.07, 6.45) is 0. The van der Waals surface area contributed by atoms with Gasteiger partial charge in [-0.15, -0.1) is 0 Å². The first-order valence-corrected chi connectivity index (χ1v) is 7.64. The zero-order valence-electron chi connectivity index (χ0n) is 10.8. The predicted octanol–water partition coefficient (Wildman–Crippen LogP) is 4.92. The number of hydrogen-bond acceptors (Lipinski definition) is 4. The lowest BCUT2D eigenvalue weighted by Crippen LogP contribution is -2.03. The predicted molar refractivity (Wildman–Crippen MR) is 91.9 cm³/mol. The van der Waals surface area contributed by atoms with E-state index in [4.69, 9.17) is 27.8 Å². The summed E-state index contributed by atoms with van der Waals surface area (Å²) in [4.78, 5) is 0. The van der Waals surface area contributed by atoms with Crippen molar-refractivity contribution in [3.8, 4) is 5.75 Å². The van der Waals surface area contributed by atoms with Crippen LogP contribution in [0.3, 0.4) is 0 Å². The molecule has 0 saturated carbocycles. The van der Waals surface area contributed by atoms with Gasteiger partial charge in [-0.05, 0) is 44.0 Å². The van der Waals surface area contributed by atoms with Crippen molar-refractivity contribution < 1.29 is 9.13 Å². The summed E-state index contributed by atoms with van der Waals surface area (Å²) < 4.78 is 20.8. The molecule has 0 spiro atoms. The van der Waals surface area contributed by atoms with Gasteiger partial charge in [0.1, 0.15) is 10.8 Å². The monoisotopic (exact) mass is 437 g/mol. The molecule has 0 unspecified atom stereocenters. The van der Waals surface area contributed by atoms with Gasteiger partial charge in [-0.25, -0.2) is 4.39 Å². The largest absolute Gasteiger partial charge is 0.495 e. The zero-order chi connectivity index (χ0) is 15.7. The molecule has 8 heteroatoms. The van der Waals surface area contributed by atoms with Gasteiger partial charge in [0.05, 0.1) is 34.3 Å². The quantitative estimate of drug-likeness (QED) is 0.594. The third kappa shape index (κ3) is 3.20. The molecule has 2 rings (SSSR count). The Labute approximate surface area is 142 Å². The number of halogens is 4. The van der Waals surface area contributed by atoms with E-state index in [0.717, 1.165) is 4.47 Å². The van der Waals surface area contributed by atoms with Crippen molar-refractivity contribution >= 4 is 66.2 Å². The zero-order valence-corrected chi connectivity index (χ0v) is 14.7. The van der Waals surface area contributed by atoms with Crippen molar-refractivity contribution in [1.82, 2.24) is 0 Å². The fourth-order valence-corrected chi connectivity index (χ4v) is 3.11. The first-order chi connectivity index (χ1) is 9.85. The smallest absolute Gasteiger partial charge is 0.169 e. The Hall–Kier alpha value is -1.18. The van der Waals surface area contributed by atoms with Gasteiger partial charge in [0.2, 0.25) is 0 Å². The van der Waals surface area contributed by atoms with Crippen LogP contribution < -0.4 is 21.5 Å². The number of nitrogens with one attached hydrogen (secondary N) is 1. The fraction of sp³-hybridized carbons (Fsp3) is 0.0769. The van der Waals surface area contributed by atoms with Gasteiger partial charge in [-0.2, -0.15) is 0 Å². The maximum Gasteiger partial charge on any atom is 0.169 e. The van der Waals surface area contributed by atoms with Crippen LogP contribution in [0.1, 0.15) is 0 Å². The highest BCUT2D eigenvalue weighted by atomic mass is 79.9. The number of benzene rings is 2. The summed E-state index contributed by atoms with van der Waals surface area (Å²) in [5.41, 5.74) is 12.2. The normalized spacial score (nSPS) is 10.5. The fourth-order valence-electron chi connectivity index (χ4n) is 1.71. The first kappa shape index (κ1) is 16.2. The Balaban J connectivity index is 2.51. The van der Waals surface area contributed by atoms with Crippen molar-refractivity contribution in [3.63, 3.8) is 0 Å². The summed E-state index contributed by atoms with van der Waals surface area (Å²) >= 11 is 12.5. The van der Waals surface area contributed by atoms with Crippen LogP contribution in [0, 0.1) is 5.82 Å². The van der Waals surface area contributed by atoms with Crippen molar-refractivity contribution in [2.24, 2.45) is 0 Å². The Kier molecular flexibility index (Phi) is 4.85. The van der Waals surface area contributed by atoms with Crippen LogP contribution >= 0.6 is 43.5 Å². The highest BCUT2D eigenvalue weighted by Crippen LogP contribution is 2.40.